The summed E-state index contributed by atoms with van der Waals surface area (Å²) in [6.45, 7) is 9.57. The van der Waals surface area contributed by atoms with Crippen LogP contribution in [0, 0.1) is 0 Å². The van der Waals surface area contributed by atoms with Crippen LogP contribution < -0.4 is 0 Å². The van der Waals surface area contributed by atoms with Gasteiger partial charge in [-0.1, -0.05) is 6.92 Å². The van der Waals surface area contributed by atoms with Crippen molar-refractivity contribution in [2.24, 2.45) is 0 Å². The monoisotopic (exact) mass is 344 g/mol. The van der Waals surface area contributed by atoms with Gasteiger partial charge in [-0.15, -0.1) is 11.8 Å². The maximum atomic E-state index is 12.9. The van der Waals surface area contributed by atoms with Gasteiger partial charge in [0.1, 0.15) is 11.6 Å². The largest absolute Gasteiger partial charge is 0.444 e. The highest BCUT2D eigenvalue weighted by atomic mass is 32.2. The maximum absolute atomic E-state index is 12.9. The lowest BCUT2D eigenvalue weighted by atomic mass is 10.2. The second-order valence-corrected chi connectivity index (χ2v) is 8.00. The molecule has 2 amide bonds. The highest BCUT2D eigenvalue weighted by Crippen LogP contribution is 2.25. The van der Waals surface area contributed by atoms with Crippen LogP contribution in [0.3, 0.4) is 0 Å². The van der Waals surface area contributed by atoms with E-state index in [0.29, 0.717) is 31.3 Å². The molecule has 0 aromatic rings. The maximum Gasteiger partial charge on any atom is 0.411 e. The molecule has 0 saturated carbocycles. The molecule has 6 nitrogen and oxygen atoms in total. The van der Waals surface area contributed by atoms with Crippen LogP contribution in [0.1, 0.15) is 40.5 Å². The molecule has 0 aliphatic carbocycles. The molecule has 0 N–H and O–H groups in total. The van der Waals surface area contributed by atoms with E-state index in [1.54, 1.807) is 16.7 Å². The molecule has 0 aromatic heterocycles. The Labute approximate surface area is 142 Å². The smallest absolute Gasteiger partial charge is 0.411 e. The molecule has 2 aliphatic rings. The molecule has 7 heteroatoms. The predicted molar refractivity (Wildman–Crippen MR) is 90.4 cm³/mol. The van der Waals surface area contributed by atoms with Crippen LogP contribution in [-0.2, 0) is 14.3 Å². The van der Waals surface area contributed by atoms with Gasteiger partial charge in [-0.05, 0) is 33.6 Å². The molecular weight excluding hydrogens is 316 g/mol. The molecule has 0 spiro atoms. The molecular formula is C16H28N2O4S. The number of thioether (sulfide) groups is 1. The first kappa shape index (κ1) is 18.4. The Kier molecular flexibility index (Phi) is 6.19. The fraction of sp³-hybridized carbons (Fsp3) is 0.875. The molecule has 0 radical (unpaired) electrons. The van der Waals surface area contributed by atoms with Crippen molar-refractivity contribution in [1.82, 2.24) is 9.80 Å². The lowest BCUT2D eigenvalue weighted by Gasteiger charge is -2.31. The zero-order valence-electron chi connectivity index (χ0n) is 14.5. The van der Waals surface area contributed by atoms with Crippen LogP contribution in [-0.4, -0.2) is 70.9 Å². The van der Waals surface area contributed by atoms with E-state index >= 15 is 0 Å². The number of ether oxygens (including phenoxy) is 2. The van der Waals surface area contributed by atoms with Crippen LogP contribution in [0.15, 0.2) is 0 Å². The van der Waals surface area contributed by atoms with Crippen molar-refractivity contribution < 1.29 is 19.1 Å². The number of rotatable bonds is 2. The van der Waals surface area contributed by atoms with E-state index in [0.717, 1.165) is 12.8 Å². The van der Waals surface area contributed by atoms with Gasteiger partial charge >= 0.3 is 6.09 Å². The minimum Gasteiger partial charge on any atom is -0.444 e. The Morgan fingerprint density at radius 3 is 2.74 bits per heavy atom. The van der Waals surface area contributed by atoms with E-state index in [9.17, 15) is 9.59 Å². The van der Waals surface area contributed by atoms with Crippen LogP contribution >= 0.6 is 11.8 Å². The van der Waals surface area contributed by atoms with Crippen molar-refractivity contribution >= 4 is 23.8 Å². The summed E-state index contributed by atoms with van der Waals surface area (Å²) in [5, 5.41) is 0. The SMILES string of the molecule is CC[C@H]1CN(C(=O)[C@@H]2CSCN2C(=O)OC(C)(C)C)CCCO1. The lowest BCUT2D eigenvalue weighted by molar-refractivity contribution is -0.136. The Bertz CT molecular complexity index is 438. The second kappa shape index (κ2) is 7.75. The van der Waals surface area contributed by atoms with Gasteiger partial charge in [0.25, 0.3) is 0 Å². The topological polar surface area (TPSA) is 59.1 Å². The standard InChI is InChI=1S/C16H28N2O4S/c1-5-12-9-17(7-6-8-21-12)14(19)13-10-23-11-18(13)15(20)22-16(2,3)4/h12-13H,5-11H2,1-4H3/t12-,13-/m0/s1. The number of hydrogen-bond donors (Lipinski definition) is 0. The third-order valence-corrected chi connectivity index (χ3v) is 4.92. The van der Waals surface area contributed by atoms with Gasteiger partial charge in [-0.2, -0.15) is 0 Å². The number of hydrogen-bond acceptors (Lipinski definition) is 5. The third-order valence-electron chi connectivity index (χ3n) is 3.91. The first-order chi connectivity index (χ1) is 10.8. The van der Waals surface area contributed by atoms with E-state index in [2.05, 4.69) is 6.92 Å². The van der Waals surface area contributed by atoms with Crippen molar-refractivity contribution in [2.75, 3.05) is 31.3 Å². The van der Waals surface area contributed by atoms with Crippen molar-refractivity contribution in [3.8, 4) is 0 Å². The fourth-order valence-corrected chi connectivity index (χ4v) is 3.83. The number of amides is 2. The van der Waals surface area contributed by atoms with E-state index in [-0.39, 0.29) is 12.0 Å². The van der Waals surface area contributed by atoms with Crippen molar-refractivity contribution in [2.45, 2.75) is 58.3 Å². The molecule has 0 bridgehead atoms. The minimum absolute atomic E-state index is 0.0183. The summed E-state index contributed by atoms with van der Waals surface area (Å²) in [5.74, 6) is 1.16. The van der Waals surface area contributed by atoms with Crippen LogP contribution in [0.5, 0.6) is 0 Å². The molecule has 0 aromatic carbocycles. The predicted octanol–water partition coefficient (Wildman–Crippen LogP) is 2.32. The van der Waals surface area contributed by atoms with Crippen LogP contribution in [0.25, 0.3) is 0 Å². The summed E-state index contributed by atoms with van der Waals surface area (Å²) in [6.07, 6.45) is 1.41. The summed E-state index contributed by atoms with van der Waals surface area (Å²) in [6, 6.07) is -0.426. The third kappa shape index (κ3) is 5.01. The van der Waals surface area contributed by atoms with Gasteiger partial charge in [-0.3, -0.25) is 9.69 Å². The molecule has 0 unspecified atom stereocenters. The van der Waals surface area contributed by atoms with Crippen molar-refractivity contribution in [1.29, 1.82) is 0 Å². The van der Waals surface area contributed by atoms with Gasteiger partial charge in [0.2, 0.25) is 5.91 Å². The van der Waals surface area contributed by atoms with Crippen molar-refractivity contribution in [3.63, 3.8) is 0 Å². The van der Waals surface area contributed by atoms with Gasteiger partial charge in [-0.25, -0.2) is 4.79 Å². The highest BCUT2D eigenvalue weighted by Gasteiger charge is 2.39. The quantitative estimate of drug-likeness (QED) is 0.769. The molecule has 132 valence electrons. The fourth-order valence-electron chi connectivity index (χ4n) is 2.70. The highest BCUT2D eigenvalue weighted by molar-refractivity contribution is 7.99. The zero-order valence-corrected chi connectivity index (χ0v) is 15.4. The Hall–Kier alpha value is -0.950. The first-order valence-corrected chi connectivity index (χ1v) is 9.45. The molecule has 2 rings (SSSR count). The molecule has 2 fully saturated rings. The van der Waals surface area contributed by atoms with Gasteiger partial charge in [0, 0.05) is 25.4 Å². The summed E-state index contributed by atoms with van der Waals surface area (Å²) < 4.78 is 11.2. The van der Waals surface area contributed by atoms with Gasteiger partial charge < -0.3 is 14.4 Å². The Balaban J connectivity index is 2.03. The van der Waals surface area contributed by atoms with E-state index < -0.39 is 17.7 Å². The van der Waals surface area contributed by atoms with Crippen LogP contribution in [0.2, 0.25) is 0 Å². The average molecular weight is 344 g/mol. The van der Waals surface area contributed by atoms with Crippen LogP contribution in [0.4, 0.5) is 4.79 Å². The minimum atomic E-state index is -0.554. The average Bonchev–Trinajstić information content (AvgIpc) is 2.83. The summed E-state index contributed by atoms with van der Waals surface area (Å²) >= 11 is 1.60. The lowest BCUT2D eigenvalue weighted by Crippen LogP contribution is -2.51. The summed E-state index contributed by atoms with van der Waals surface area (Å²) in [4.78, 5) is 28.7. The van der Waals surface area contributed by atoms with Crippen molar-refractivity contribution in [3.05, 3.63) is 0 Å². The first-order valence-electron chi connectivity index (χ1n) is 8.29. The second-order valence-electron chi connectivity index (χ2n) is 7.00. The zero-order chi connectivity index (χ0) is 17.0. The summed E-state index contributed by atoms with van der Waals surface area (Å²) in [7, 11) is 0. The van der Waals surface area contributed by atoms with Gasteiger partial charge in [0.15, 0.2) is 0 Å². The molecule has 2 atom stereocenters. The van der Waals surface area contributed by atoms with E-state index in [1.807, 2.05) is 25.7 Å². The Morgan fingerprint density at radius 1 is 1.35 bits per heavy atom. The molecule has 2 saturated heterocycles. The van der Waals surface area contributed by atoms with E-state index in [4.69, 9.17) is 9.47 Å². The molecule has 2 aliphatic heterocycles. The number of nitrogens with zero attached hydrogens (tertiary/aromatic N) is 2. The normalized spacial score (nSPS) is 26.1. The van der Waals surface area contributed by atoms with E-state index in [1.165, 1.54) is 0 Å². The van der Waals surface area contributed by atoms with Gasteiger partial charge in [0.05, 0.1) is 12.0 Å². The Morgan fingerprint density at radius 2 is 2.09 bits per heavy atom. The molecule has 2 heterocycles. The number of carbonyl (C=O) groups is 2. The summed E-state index contributed by atoms with van der Waals surface area (Å²) in [5.41, 5.74) is -0.554. The molecule has 23 heavy (non-hydrogen) atoms. The number of carbonyl (C=O) groups excluding carboxylic acids is 2.